The number of nitrogens with zero attached hydrogens (tertiary/aromatic N) is 1. The van der Waals surface area contributed by atoms with Crippen LogP contribution >= 0.6 is 0 Å². The van der Waals surface area contributed by atoms with Crippen LogP contribution in [-0.2, 0) is 4.74 Å². The molecule has 0 amide bonds. The SMILES string of the molecule is C[C@@H]1COC[C@]1(C)N1CCNCC1. The number of hydrogen-bond acceptors (Lipinski definition) is 3. The summed E-state index contributed by atoms with van der Waals surface area (Å²) >= 11 is 0. The van der Waals surface area contributed by atoms with Crippen molar-refractivity contribution in [3.63, 3.8) is 0 Å². The van der Waals surface area contributed by atoms with Gasteiger partial charge in [-0.3, -0.25) is 4.90 Å². The number of nitrogens with one attached hydrogen (secondary N) is 1. The Morgan fingerprint density at radius 1 is 1.38 bits per heavy atom. The van der Waals surface area contributed by atoms with Crippen molar-refractivity contribution in [1.29, 1.82) is 0 Å². The van der Waals surface area contributed by atoms with Crippen molar-refractivity contribution in [3.05, 3.63) is 0 Å². The third kappa shape index (κ3) is 1.60. The topological polar surface area (TPSA) is 24.5 Å². The molecule has 2 heterocycles. The zero-order chi connectivity index (χ0) is 9.31. The van der Waals surface area contributed by atoms with Gasteiger partial charge in [0, 0.05) is 31.7 Å². The molecule has 13 heavy (non-hydrogen) atoms. The van der Waals surface area contributed by atoms with Gasteiger partial charge in [-0.15, -0.1) is 0 Å². The lowest BCUT2D eigenvalue weighted by Crippen LogP contribution is -2.57. The van der Waals surface area contributed by atoms with Crippen molar-refractivity contribution in [2.75, 3.05) is 39.4 Å². The highest BCUT2D eigenvalue weighted by atomic mass is 16.5. The molecule has 76 valence electrons. The molecule has 0 bridgehead atoms. The molecule has 0 aromatic heterocycles. The van der Waals surface area contributed by atoms with Crippen LogP contribution in [0.5, 0.6) is 0 Å². The van der Waals surface area contributed by atoms with Crippen molar-refractivity contribution in [3.8, 4) is 0 Å². The fourth-order valence-electron chi connectivity index (χ4n) is 2.34. The van der Waals surface area contributed by atoms with Crippen LogP contribution in [0.2, 0.25) is 0 Å². The summed E-state index contributed by atoms with van der Waals surface area (Å²) in [4.78, 5) is 2.58. The Kier molecular flexibility index (Phi) is 2.58. The molecule has 0 aliphatic carbocycles. The van der Waals surface area contributed by atoms with Crippen molar-refractivity contribution in [1.82, 2.24) is 10.2 Å². The lowest BCUT2D eigenvalue weighted by molar-refractivity contribution is 0.0544. The summed E-state index contributed by atoms with van der Waals surface area (Å²) in [6.45, 7) is 11.1. The van der Waals surface area contributed by atoms with Crippen LogP contribution in [-0.4, -0.2) is 49.8 Å². The monoisotopic (exact) mass is 184 g/mol. The summed E-state index contributed by atoms with van der Waals surface area (Å²) in [5.41, 5.74) is 0.294. The molecular formula is C10H20N2O. The van der Waals surface area contributed by atoms with Gasteiger partial charge in [0.1, 0.15) is 0 Å². The predicted octanol–water partition coefficient (Wildman–Crippen LogP) is 0.317. The van der Waals surface area contributed by atoms with Crippen LogP contribution in [0, 0.1) is 5.92 Å². The van der Waals surface area contributed by atoms with Gasteiger partial charge in [-0.1, -0.05) is 6.92 Å². The van der Waals surface area contributed by atoms with E-state index in [0.29, 0.717) is 11.5 Å². The Labute approximate surface area is 80.4 Å². The summed E-state index contributed by atoms with van der Waals surface area (Å²) < 4.78 is 5.56. The van der Waals surface area contributed by atoms with Gasteiger partial charge >= 0.3 is 0 Å². The van der Waals surface area contributed by atoms with Crippen LogP contribution in [0.25, 0.3) is 0 Å². The molecule has 3 heteroatoms. The van der Waals surface area contributed by atoms with Gasteiger partial charge in [0.15, 0.2) is 0 Å². The van der Waals surface area contributed by atoms with E-state index in [1.165, 1.54) is 13.1 Å². The molecule has 0 saturated carbocycles. The van der Waals surface area contributed by atoms with Gasteiger partial charge in [-0.05, 0) is 12.8 Å². The van der Waals surface area contributed by atoms with E-state index >= 15 is 0 Å². The Balaban J connectivity index is 2.03. The lowest BCUT2D eigenvalue weighted by Gasteiger charge is -2.42. The third-order valence-corrected chi connectivity index (χ3v) is 3.66. The number of ether oxygens (including phenoxy) is 1. The van der Waals surface area contributed by atoms with E-state index in [0.717, 1.165) is 26.3 Å². The van der Waals surface area contributed by atoms with E-state index < -0.39 is 0 Å². The van der Waals surface area contributed by atoms with E-state index in [1.54, 1.807) is 0 Å². The molecule has 2 fully saturated rings. The Bertz CT molecular complexity index is 180. The predicted molar refractivity (Wildman–Crippen MR) is 52.8 cm³/mol. The first-order valence-corrected chi connectivity index (χ1v) is 5.27. The molecule has 2 aliphatic heterocycles. The van der Waals surface area contributed by atoms with Gasteiger partial charge in [0.05, 0.1) is 13.2 Å². The summed E-state index contributed by atoms with van der Waals surface area (Å²) in [5, 5.41) is 3.39. The average Bonchev–Trinajstić information content (AvgIpc) is 2.50. The zero-order valence-electron chi connectivity index (χ0n) is 8.68. The van der Waals surface area contributed by atoms with E-state index in [1.807, 2.05) is 0 Å². The minimum Gasteiger partial charge on any atom is -0.379 e. The molecule has 0 unspecified atom stereocenters. The maximum absolute atomic E-state index is 5.56. The molecule has 2 aliphatic rings. The van der Waals surface area contributed by atoms with Crippen LogP contribution in [0.15, 0.2) is 0 Å². The second kappa shape index (κ2) is 3.56. The van der Waals surface area contributed by atoms with Crippen molar-refractivity contribution < 1.29 is 4.74 Å². The van der Waals surface area contributed by atoms with E-state index in [4.69, 9.17) is 4.74 Å². The largest absolute Gasteiger partial charge is 0.379 e. The fourth-order valence-corrected chi connectivity index (χ4v) is 2.34. The minimum atomic E-state index is 0.294. The van der Waals surface area contributed by atoms with Crippen LogP contribution < -0.4 is 5.32 Å². The van der Waals surface area contributed by atoms with E-state index in [9.17, 15) is 0 Å². The molecule has 3 nitrogen and oxygen atoms in total. The average molecular weight is 184 g/mol. The first kappa shape index (κ1) is 9.44. The molecule has 0 aromatic rings. The van der Waals surface area contributed by atoms with Gasteiger partial charge in [0.2, 0.25) is 0 Å². The molecule has 2 saturated heterocycles. The zero-order valence-corrected chi connectivity index (χ0v) is 8.68. The molecule has 1 N–H and O–H groups in total. The van der Waals surface area contributed by atoms with Crippen molar-refractivity contribution in [2.24, 2.45) is 5.92 Å². The molecule has 0 radical (unpaired) electrons. The standard InChI is InChI=1S/C10H20N2O/c1-9-7-13-8-10(9,2)12-5-3-11-4-6-12/h9,11H,3-8H2,1-2H3/t9-,10+/m1/s1. The van der Waals surface area contributed by atoms with Crippen LogP contribution in [0.1, 0.15) is 13.8 Å². The van der Waals surface area contributed by atoms with E-state index in [2.05, 4.69) is 24.1 Å². The molecule has 2 rings (SSSR count). The summed E-state index contributed by atoms with van der Waals surface area (Å²) in [6.07, 6.45) is 0. The smallest absolute Gasteiger partial charge is 0.0651 e. The van der Waals surface area contributed by atoms with Crippen LogP contribution in [0.3, 0.4) is 0 Å². The summed E-state index contributed by atoms with van der Waals surface area (Å²) in [5.74, 6) is 0.672. The van der Waals surface area contributed by atoms with Gasteiger partial charge in [0.25, 0.3) is 0 Å². The number of hydrogen-bond donors (Lipinski definition) is 1. The molecule has 0 spiro atoms. The molecule has 0 aromatic carbocycles. The van der Waals surface area contributed by atoms with Gasteiger partial charge in [-0.2, -0.15) is 0 Å². The number of rotatable bonds is 1. The Morgan fingerprint density at radius 3 is 2.62 bits per heavy atom. The highest BCUT2D eigenvalue weighted by molar-refractivity contribution is 4.96. The van der Waals surface area contributed by atoms with Crippen LogP contribution in [0.4, 0.5) is 0 Å². The van der Waals surface area contributed by atoms with Gasteiger partial charge in [-0.25, -0.2) is 0 Å². The maximum atomic E-state index is 5.56. The normalized spacial score (nSPS) is 42.5. The van der Waals surface area contributed by atoms with Crippen molar-refractivity contribution >= 4 is 0 Å². The highest BCUT2D eigenvalue weighted by Crippen LogP contribution is 2.31. The minimum absolute atomic E-state index is 0.294. The van der Waals surface area contributed by atoms with E-state index in [-0.39, 0.29) is 0 Å². The fraction of sp³-hybridized carbons (Fsp3) is 1.00. The summed E-state index contributed by atoms with van der Waals surface area (Å²) in [6, 6.07) is 0. The Hall–Kier alpha value is -0.120. The molecule has 2 atom stereocenters. The third-order valence-electron chi connectivity index (χ3n) is 3.66. The highest BCUT2D eigenvalue weighted by Gasteiger charge is 2.42. The molecular weight excluding hydrogens is 164 g/mol. The second-order valence-corrected chi connectivity index (χ2v) is 4.51. The van der Waals surface area contributed by atoms with Gasteiger partial charge < -0.3 is 10.1 Å². The maximum Gasteiger partial charge on any atom is 0.0651 e. The lowest BCUT2D eigenvalue weighted by atomic mass is 9.88. The summed E-state index contributed by atoms with van der Waals surface area (Å²) in [7, 11) is 0. The quantitative estimate of drug-likeness (QED) is 0.635. The Morgan fingerprint density at radius 2 is 2.08 bits per heavy atom. The number of piperazine rings is 1. The first-order chi connectivity index (χ1) is 6.23. The van der Waals surface area contributed by atoms with Crippen molar-refractivity contribution in [2.45, 2.75) is 19.4 Å². The first-order valence-electron chi connectivity index (χ1n) is 5.27. The second-order valence-electron chi connectivity index (χ2n) is 4.51.